The molecule has 0 bridgehead atoms. The highest BCUT2D eigenvalue weighted by Gasteiger charge is 2.49. The fourth-order valence-corrected chi connectivity index (χ4v) is 5.32. The minimum absolute atomic E-state index is 0.0719. The topological polar surface area (TPSA) is 88.8 Å². The molecule has 0 saturated carbocycles. The van der Waals surface area contributed by atoms with Crippen molar-refractivity contribution >= 4 is 16.6 Å². The van der Waals surface area contributed by atoms with Crippen LogP contribution in [0.4, 0.5) is 0 Å². The SMILES string of the molecule is COc1nc(-c2cncc3ccccc23)nc2c1CC[C@@H]1[C@@H](C)C(=O)C(C#N)=C[C@@]21C. The third-order valence-electron chi connectivity index (χ3n) is 6.90. The number of rotatable bonds is 2. The first-order valence-electron chi connectivity index (χ1n) is 10.4. The number of carbonyl (C=O) groups excluding carboxylic acids is 1. The molecule has 0 spiro atoms. The average Bonchev–Trinajstić information content (AvgIpc) is 2.80. The normalized spacial score (nSPS) is 24.7. The van der Waals surface area contributed by atoms with Crippen LogP contribution in [0.5, 0.6) is 5.88 Å². The standard InChI is InChI=1S/C25H22N4O2/c1-14-20-9-8-18-22(25(20,2)10-16(11-26)21(14)30)28-23(29-24(18)31-3)19-13-27-12-15-6-4-5-7-17(15)19/h4-7,10,12-14,20H,8-9H2,1-3H3/t14-,20-,25-/m1/s1. The summed E-state index contributed by atoms with van der Waals surface area (Å²) in [5, 5.41) is 11.6. The van der Waals surface area contributed by atoms with Crippen molar-refractivity contribution in [2.24, 2.45) is 11.8 Å². The van der Waals surface area contributed by atoms with Gasteiger partial charge in [0.2, 0.25) is 5.88 Å². The van der Waals surface area contributed by atoms with Crippen LogP contribution in [-0.4, -0.2) is 27.8 Å². The number of nitrogens with zero attached hydrogens (tertiary/aromatic N) is 4. The average molecular weight is 410 g/mol. The van der Waals surface area contributed by atoms with Gasteiger partial charge < -0.3 is 4.74 Å². The number of ketones is 1. The number of allylic oxidation sites excluding steroid dienone is 2. The molecule has 0 saturated heterocycles. The zero-order valence-corrected chi connectivity index (χ0v) is 17.7. The molecule has 0 N–H and O–H groups in total. The van der Waals surface area contributed by atoms with Crippen LogP contribution in [-0.2, 0) is 16.6 Å². The Labute approximate surface area is 180 Å². The number of nitriles is 1. The van der Waals surface area contributed by atoms with Crippen LogP contribution in [0.3, 0.4) is 0 Å². The van der Waals surface area contributed by atoms with E-state index in [4.69, 9.17) is 14.7 Å². The van der Waals surface area contributed by atoms with Gasteiger partial charge in [0.1, 0.15) is 6.07 Å². The van der Waals surface area contributed by atoms with Gasteiger partial charge in [-0.1, -0.05) is 44.2 Å². The summed E-state index contributed by atoms with van der Waals surface area (Å²) >= 11 is 0. The third-order valence-corrected chi connectivity index (χ3v) is 6.90. The van der Waals surface area contributed by atoms with E-state index in [1.165, 1.54) is 0 Å². The van der Waals surface area contributed by atoms with Crippen LogP contribution >= 0.6 is 0 Å². The first kappa shape index (κ1) is 19.4. The molecule has 0 unspecified atom stereocenters. The molecule has 2 heterocycles. The number of hydrogen-bond donors (Lipinski definition) is 0. The van der Waals surface area contributed by atoms with Gasteiger partial charge in [0.05, 0.1) is 18.4 Å². The van der Waals surface area contributed by atoms with Gasteiger partial charge in [0.15, 0.2) is 11.6 Å². The Morgan fingerprint density at radius 2 is 2.03 bits per heavy atom. The largest absolute Gasteiger partial charge is 0.481 e. The molecule has 2 aliphatic rings. The molecule has 0 fully saturated rings. The van der Waals surface area contributed by atoms with Gasteiger partial charge in [-0.25, -0.2) is 4.98 Å². The highest BCUT2D eigenvalue weighted by atomic mass is 16.5. The van der Waals surface area contributed by atoms with Crippen LogP contribution in [0.1, 0.15) is 31.5 Å². The molecule has 1 aromatic carbocycles. The second-order valence-corrected chi connectivity index (χ2v) is 8.54. The van der Waals surface area contributed by atoms with Crippen molar-refractivity contribution < 1.29 is 9.53 Å². The third kappa shape index (κ3) is 2.77. The van der Waals surface area contributed by atoms with Crippen molar-refractivity contribution in [3.05, 3.63) is 59.6 Å². The highest BCUT2D eigenvalue weighted by Crippen LogP contribution is 2.50. The van der Waals surface area contributed by atoms with Crippen LogP contribution < -0.4 is 4.74 Å². The summed E-state index contributed by atoms with van der Waals surface area (Å²) in [5.41, 5.74) is 2.29. The number of pyridine rings is 1. The lowest BCUT2D eigenvalue weighted by molar-refractivity contribution is -0.121. The van der Waals surface area contributed by atoms with Crippen molar-refractivity contribution in [1.29, 1.82) is 5.26 Å². The van der Waals surface area contributed by atoms with Crippen LogP contribution in [0.25, 0.3) is 22.2 Å². The molecule has 0 radical (unpaired) electrons. The van der Waals surface area contributed by atoms with Crippen molar-refractivity contribution in [3.8, 4) is 23.3 Å². The Hall–Kier alpha value is -3.59. The number of hydrogen-bond acceptors (Lipinski definition) is 6. The maximum absolute atomic E-state index is 12.7. The monoisotopic (exact) mass is 410 g/mol. The summed E-state index contributed by atoms with van der Waals surface area (Å²) in [5.74, 6) is 0.847. The molecule has 6 heteroatoms. The first-order chi connectivity index (χ1) is 15.0. The molecule has 5 rings (SSSR count). The van der Waals surface area contributed by atoms with E-state index in [2.05, 4.69) is 18.0 Å². The molecule has 154 valence electrons. The Morgan fingerprint density at radius 1 is 1.23 bits per heavy atom. The molecule has 6 nitrogen and oxygen atoms in total. The number of carbonyl (C=O) groups is 1. The van der Waals surface area contributed by atoms with E-state index in [9.17, 15) is 10.1 Å². The van der Waals surface area contributed by atoms with E-state index in [1.54, 1.807) is 13.3 Å². The van der Waals surface area contributed by atoms with Crippen molar-refractivity contribution in [2.45, 2.75) is 32.1 Å². The number of aromatic nitrogens is 3. The van der Waals surface area contributed by atoms with Crippen molar-refractivity contribution in [2.75, 3.05) is 7.11 Å². The summed E-state index contributed by atoms with van der Waals surface area (Å²) in [6.07, 6.45) is 6.97. The second-order valence-electron chi connectivity index (χ2n) is 8.54. The lowest BCUT2D eigenvalue weighted by Crippen LogP contribution is -2.46. The fraction of sp³-hybridized carbons (Fsp3) is 0.320. The van der Waals surface area contributed by atoms with E-state index in [0.29, 0.717) is 11.7 Å². The molecule has 2 aliphatic carbocycles. The quantitative estimate of drug-likeness (QED) is 0.629. The minimum Gasteiger partial charge on any atom is -0.481 e. The second kappa shape index (κ2) is 6.98. The Balaban J connectivity index is 1.79. The summed E-state index contributed by atoms with van der Waals surface area (Å²) in [6, 6.07) is 10.1. The maximum Gasteiger partial charge on any atom is 0.220 e. The Kier molecular flexibility index (Phi) is 4.37. The molecule has 3 atom stereocenters. The molecule has 2 aromatic heterocycles. The molecular formula is C25H22N4O2. The van der Waals surface area contributed by atoms with Gasteiger partial charge in [0.25, 0.3) is 0 Å². The highest BCUT2D eigenvalue weighted by molar-refractivity contribution is 6.02. The first-order valence-corrected chi connectivity index (χ1v) is 10.4. The molecule has 3 aromatic rings. The van der Waals surface area contributed by atoms with E-state index in [0.717, 1.165) is 40.4 Å². The summed E-state index contributed by atoms with van der Waals surface area (Å²) in [7, 11) is 1.62. The van der Waals surface area contributed by atoms with E-state index in [-0.39, 0.29) is 23.2 Å². The number of benzene rings is 1. The summed E-state index contributed by atoms with van der Waals surface area (Å²) in [6.45, 7) is 4.00. The zero-order valence-electron chi connectivity index (χ0n) is 17.7. The van der Waals surface area contributed by atoms with E-state index >= 15 is 0 Å². The zero-order chi connectivity index (χ0) is 21.8. The van der Waals surface area contributed by atoms with Gasteiger partial charge in [-0.15, -0.1) is 0 Å². The van der Waals surface area contributed by atoms with Crippen molar-refractivity contribution in [1.82, 2.24) is 15.0 Å². The molecular weight excluding hydrogens is 388 g/mol. The minimum atomic E-state index is -0.547. The molecule has 0 amide bonds. The Bertz CT molecular complexity index is 1300. The number of methoxy groups -OCH3 is 1. The smallest absolute Gasteiger partial charge is 0.220 e. The van der Waals surface area contributed by atoms with Gasteiger partial charge in [0, 0.05) is 40.2 Å². The van der Waals surface area contributed by atoms with Crippen molar-refractivity contribution in [3.63, 3.8) is 0 Å². The summed E-state index contributed by atoms with van der Waals surface area (Å²) in [4.78, 5) is 26.8. The fourth-order valence-electron chi connectivity index (χ4n) is 5.32. The van der Waals surface area contributed by atoms with Crippen LogP contribution in [0, 0.1) is 23.2 Å². The summed E-state index contributed by atoms with van der Waals surface area (Å²) < 4.78 is 5.69. The maximum atomic E-state index is 12.7. The predicted molar refractivity (Wildman–Crippen MR) is 116 cm³/mol. The lowest BCUT2D eigenvalue weighted by atomic mass is 9.58. The van der Waals surface area contributed by atoms with Crippen LogP contribution in [0.15, 0.2) is 48.3 Å². The van der Waals surface area contributed by atoms with Gasteiger partial charge >= 0.3 is 0 Å². The molecule has 31 heavy (non-hydrogen) atoms. The van der Waals surface area contributed by atoms with Gasteiger partial charge in [-0.3, -0.25) is 9.78 Å². The van der Waals surface area contributed by atoms with E-state index < -0.39 is 5.41 Å². The lowest BCUT2D eigenvalue weighted by Gasteiger charge is -2.45. The Morgan fingerprint density at radius 3 is 2.81 bits per heavy atom. The van der Waals surface area contributed by atoms with Gasteiger partial charge in [-0.2, -0.15) is 10.2 Å². The number of fused-ring (bicyclic) bond motifs is 4. The van der Waals surface area contributed by atoms with E-state index in [1.807, 2.05) is 43.5 Å². The predicted octanol–water partition coefficient (Wildman–Crippen LogP) is 4.19. The molecule has 0 aliphatic heterocycles. The van der Waals surface area contributed by atoms with Gasteiger partial charge in [-0.05, 0) is 24.1 Å². The van der Waals surface area contributed by atoms with Crippen LogP contribution in [0.2, 0.25) is 0 Å². The number of Topliss-reactive ketones (excluding diaryl/α,β-unsaturated/α-hetero) is 1. The number of ether oxygens (including phenoxy) is 1.